The molecular weight excluding hydrogens is 361 g/mol. The first-order valence-corrected chi connectivity index (χ1v) is 8.02. The molecule has 0 radical (unpaired) electrons. The number of carbonyl (C=O) groups is 1. The van der Waals surface area contributed by atoms with Crippen LogP contribution in [0.5, 0.6) is 0 Å². The van der Waals surface area contributed by atoms with Crippen LogP contribution in [0.1, 0.15) is 5.76 Å². The first kappa shape index (κ1) is 18.0. The smallest absolute Gasteiger partial charge is 0.405 e. The second kappa shape index (κ2) is 7.19. The van der Waals surface area contributed by atoms with Crippen molar-refractivity contribution >= 4 is 28.5 Å². The lowest BCUT2D eigenvalue weighted by atomic mass is 10.2. The number of fused-ring (bicyclic) bond motifs is 1. The first-order chi connectivity index (χ1) is 11.8. The van der Waals surface area contributed by atoms with Crippen molar-refractivity contribution in [2.45, 2.75) is 18.8 Å². The highest BCUT2D eigenvalue weighted by atomic mass is 35.5. The molecule has 1 fully saturated rings. The number of furan rings is 1. The molecule has 1 aliphatic rings. The molecule has 10 heteroatoms. The van der Waals surface area contributed by atoms with Crippen LogP contribution < -0.4 is 10.6 Å². The van der Waals surface area contributed by atoms with E-state index < -0.39 is 24.7 Å². The Kier molecular flexibility index (Phi) is 5.16. The Labute approximate surface area is 146 Å². The number of nitrogens with zero attached hydrogens (tertiary/aromatic N) is 2. The number of nitrogens with one attached hydrogen (secondary N) is 2. The van der Waals surface area contributed by atoms with Crippen LogP contribution in [-0.2, 0) is 11.3 Å². The molecule has 3 rings (SSSR count). The number of alkyl halides is 3. The van der Waals surface area contributed by atoms with E-state index in [1.165, 1.54) is 6.20 Å². The fraction of sp³-hybridized carbons (Fsp3) is 0.467. The monoisotopic (exact) mass is 376 g/mol. The third kappa shape index (κ3) is 4.62. The van der Waals surface area contributed by atoms with Crippen LogP contribution in [0.3, 0.4) is 0 Å². The molecule has 1 saturated heterocycles. The minimum Gasteiger partial charge on any atom is -0.458 e. The van der Waals surface area contributed by atoms with Crippen LogP contribution in [-0.4, -0.2) is 54.2 Å². The Morgan fingerprint density at radius 1 is 1.48 bits per heavy atom. The molecule has 1 atom stereocenters. The molecule has 0 bridgehead atoms. The van der Waals surface area contributed by atoms with Crippen LogP contribution >= 0.6 is 11.6 Å². The maximum Gasteiger partial charge on any atom is 0.405 e. The number of pyridine rings is 1. The van der Waals surface area contributed by atoms with Crippen LogP contribution in [0.25, 0.3) is 11.0 Å². The molecule has 1 amide bonds. The number of piperazine rings is 1. The maximum atomic E-state index is 12.2. The van der Waals surface area contributed by atoms with Crippen molar-refractivity contribution < 1.29 is 22.4 Å². The number of amides is 1. The summed E-state index contributed by atoms with van der Waals surface area (Å²) in [4.78, 5) is 17.8. The van der Waals surface area contributed by atoms with Crippen LogP contribution in [0.2, 0.25) is 5.02 Å². The van der Waals surface area contributed by atoms with Gasteiger partial charge in [0.25, 0.3) is 0 Å². The molecule has 2 N–H and O–H groups in total. The van der Waals surface area contributed by atoms with E-state index in [4.69, 9.17) is 16.0 Å². The summed E-state index contributed by atoms with van der Waals surface area (Å²) in [7, 11) is 0. The van der Waals surface area contributed by atoms with Gasteiger partial charge in [-0.05, 0) is 6.07 Å². The lowest BCUT2D eigenvalue weighted by Gasteiger charge is -2.32. The summed E-state index contributed by atoms with van der Waals surface area (Å²) in [5, 5.41) is 6.01. The van der Waals surface area contributed by atoms with Crippen molar-refractivity contribution in [3.63, 3.8) is 0 Å². The molecule has 0 saturated carbocycles. The lowest BCUT2D eigenvalue weighted by Crippen LogP contribution is -2.57. The van der Waals surface area contributed by atoms with Gasteiger partial charge < -0.3 is 15.1 Å². The van der Waals surface area contributed by atoms with E-state index in [0.29, 0.717) is 36.0 Å². The van der Waals surface area contributed by atoms with Gasteiger partial charge in [0.15, 0.2) is 5.58 Å². The van der Waals surface area contributed by atoms with Crippen LogP contribution in [0.15, 0.2) is 22.9 Å². The molecule has 0 aromatic carbocycles. The van der Waals surface area contributed by atoms with Gasteiger partial charge in [0.2, 0.25) is 5.91 Å². The van der Waals surface area contributed by atoms with Gasteiger partial charge in [-0.3, -0.25) is 14.7 Å². The predicted molar refractivity (Wildman–Crippen MR) is 85.2 cm³/mol. The number of hydrogen-bond acceptors (Lipinski definition) is 5. The highest BCUT2D eigenvalue weighted by molar-refractivity contribution is 6.34. The zero-order chi connectivity index (χ0) is 18.0. The van der Waals surface area contributed by atoms with E-state index in [1.54, 1.807) is 6.20 Å². The van der Waals surface area contributed by atoms with E-state index in [1.807, 2.05) is 16.3 Å². The summed E-state index contributed by atoms with van der Waals surface area (Å²) in [6.45, 7) is 0.514. The van der Waals surface area contributed by atoms with Gasteiger partial charge in [-0.25, -0.2) is 0 Å². The standard InChI is InChI=1S/C15H16ClF3N4O2/c16-11-5-20-4-9-3-10(25-13(9)11)6-23-2-1-21-12(7-23)14(24)22-8-15(17,18)19/h3-5,12,21H,1-2,6-8H2,(H,22,24)/t12-/m0/s1. The normalized spacial score (nSPS) is 19.3. The zero-order valence-corrected chi connectivity index (χ0v) is 13.8. The fourth-order valence-corrected chi connectivity index (χ4v) is 2.93. The summed E-state index contributed by atoms with van der Waals surface area (Å²) in [5.41, 5.74) is 0.543. The number of rotatable bonds is 4. The average molecular weight is 377 g/mol. The quantitative estimate of drug-likeness (QED) is 0.853. The highest BCUT2D eigenvalue weighted by Crippen LogP contribution is 2.26. The fourth-order valence-electron chi connectivity index (χ4n) is 2.72. The molecule has 0 spiro atoms. The van der Waals surface area contributed by atoms with Gasteiger partial charge in [-0.15, -0.1) is 0 Å². The van der Waals surface area contributed by atoms with Crippen molar-refractivity contribution in [3.05, 3.63) is 29.2 Å². The van der Waals surface area contributed by atoms with Gasteiger partial charge in [0.05, 0.1) is 12.6 Å². The number of hydrogen-bond donors (Lipinski definition) is 2. The molecule has 1 aliphatic heterocycles. The third-order valence-electron chi connectivity index (χ3n) is 3.85. The number of halogens is 4. The van der Waals surface area contributed by atoms with E-state index in [9.17, 15) is 18.0 Å². The van der Waals surface area contributed by atoms with Gasteiger partial charge in [-0.1, -0.05) is 11.6 Å². The van der Waals surface area contributed by atoms with Crippen molar-refractivity contribution in [2.75, 3.05) is 26.2 Å². The summed E-state index contributed by atoms with van der Waals surface area (Å²) in [6.07, 6.45) is -1.30. The minimum atomic E-state index is -4.43. The van der Waals surface area contributed by atoms with Gasteiger partial charge in [-0.2, -0.15) is 13.2 Å². The Bertz CT molecular complexity index is 765. The molecule has 6 nitrogen and oxygen atoms in total. The number of aromatic nitrogens is 1. The first-order valence-electron chi connectivity index (χ1n) is 7.64. The zero-order valence-electron chi connectivity index (χ0n) is 13.1. The molecule has 136 valence electrons. The van der Waals surface area contributed by atoms with Gasteiger partial charge in [0.1, 0.15) is 17.3 Å². The molecular formula is C15H16ClF3N4O2. The second-order valence-electron chi connectivity index (χ2n) is 5.83. The number of carbonyl (C=O) groups excluding carboxylic acids is 1. The van der Waals surface area contributed by atoms with E-state index >= 15 is 0 Å². The van der Waals surface area contributed by atoms with Gasteiger partial charge >= 0.3 is 6.18 Å². The van der Waals surface area contributed by atoms with E-state index in [0.717, 1.165) is 5.39 Å². The Morgan fingerprint density at radius 3 is 3.00 bits per heavy atom. The summed E-state index contributed by atoms with van der Waals surface area (Å²) < 4.78 is 42.3. The predicted octanol–water partition coefficient (Wildman–Crippen LogP) is 1.93. The van der Waals surface area contributed by atoms with E-state index in [-0.39, 0.29) is 6.54 Å². The molecule has 25 heavy (non-hydrogen) atoms. The summed E-state index contributed by atoms with van der Waals surface area (Å²) >= 11 is 6.02. The lowest BCUT2D eigenvalue weighted by molar-refractivity contribution is -0.140. The van der Waals surface area contributed by atoms with Crippen molar-refractivity contribution in [1.82, 2.24) is 20.5 Å². The Balaban J connectivity index is 1.61. The average Bonchev–Trinajstić information content (AvgIpc) is 2.96. The third-order valence-corrected chi connectivity index (χ3v) is 4.12. The molecule has 0 unspecified atom stereocenters. The summed E-state index contributed by atoms with van der Waals surface area (Å²) in [6, 6.07) is 1.11. The highest BCUT2D eigenvalue weighted by Gasteiger charge is 2.31. The largest absolute Gasteiger partial charge is 0.458 e. The minimum absolute atomic E-state index is 0.284. The van der Waals surface area contributed by atoms with Crippen molar-refractivity contribution in [1.29, 1.82) is 0 Å². The van der Waals surface area contributed by atoms with Crippen molar-refractivity contribution in [3.8, 4) is 0 Å². The van der Waals surface area contributed by atoms with E-state index in [2.05, 4.69) is 10.3 Å². The van der Waals surface area contributed by atoms with Crippen LogP contribution in [0, 0.1) is 0 Å². The summed E-state index contributed by atoms with van der Waals surface area (Å²) in [5.74, 6) is -0.0138. The second-order valence-corrected chi connectivity index (χ2v) is 6.23. The molecule has 2 aromatic rings. The Hall–Kier alpha value is -1.84. The topological polar surface area (TPSA) is 70.4 Å². The molecule has 3 heterocycles. The van der Waals surface area contributed by atoms with Gasteiger partial charge in [0, 0.05) is 37.4 Å². The Morgan fingerprint density at radius 2 is 2.28 bits per heavy atom. The molecule has 2 aromatic heterocycles. The SMILES string of the molecule is O=C(NCC(F)(F)F)[C@@H]1CN(Cc2cc3cncc(Cl)c3o2)CCN1. The molecule has 0 aliphatic carbocycles. The van der Waals surface area contributed by atoms with Crippen LogP contribution in [0.4, 0.5) is 13.2 Å². The maximum absolute atomic E-state index is 12.2. The van der Waals surface area contributed by atoms with Crippen molar-refractivity contribution in [2.24, 2.45) is 0 Å².